The highest BCUT2D eigenvalue weighted by molar-refractivity contribution is 6.39. The topological polar surface area (TPSA) is 95.1 Å². The average Bonchev–Trinajstić information content (AvgIpc) is 3.36. The lowest BCUT2D eigenvalue weighted by molar-refractivity contribution is -0.136. The number of ether oxygens (including phenoxy) is 4. The maximum Gasteiger partial charge on any atom is 0.313 e. The molecule has 0 aromatic heterocycles. The summed E-state index contributed by atoms with van der Waals surface area (Å²) in [6.45, 7) is 3.11. The maximum atomic E-state index is 12.5. The van der Waals surface area contributed by atoms with Crippen molar-refractivity contribution < 1.29 is 28.5 Å². The van der Waals surface area contributed by atoms with Crippen LogP contribution < -0.4 is 24.8 Å². The van der Waals surface area contributed by atoms with Crippen molar-refractivity contribution in [1.82, 2.24) is 5.32 Å². The molecule has 2 unspecified atom stereocenters. The Labute approximate surface area is 198 Å². The summed E-state index contributed by atoms with van der Waals surface area (Å²) in [5, 5.41) is 7.28. The lowest BCUT2D eigenvalue weighted by Crippen LogP contribution is -2.36. The molecular formula is C26H28N2O6. The number of anilines is 1. The van der Waals surface area contributed by atoms with Gasteiger partial charge < -0.3 is 29.6 Å². The molecule has 4 rings (SSSR count). The summed E-state index contributed by atoms with van der Waals surface area (Å²) in [4.78, 5) is 24.9. The van der Waals surface area contributed by atoms with Crippen LogP contribution in [-0.4, -0.2) is 45.4 Å². The second-order valence-corrected chi connectivity index (χ2v) is 8.09. The molecule has 2 amide bonds. The first kappa shape index (κ1) is 23.4. The van der Waals surface area contributed by atoms with Gasteiger partial charge in [-0.1, -0.05) is 12.1 Å². The average molecular weight is 465 g/mol. The van der Waals surface area contributed by atoms with Crippen molar-refractivity contribution in [2.24, 2.45) is 0 Å². The van der Waals surface area contributed by atoms with Crippen molar-refractivity contribution in [2.45, 2.75) is 25.5 Å². The molecule has 0 saturated carbocycles. The van der Waals surface area contributed by atoms with E-state index in [9.17, 15) is 9.59 Å². The van der Waals surface area contributed by atoms with E-state index in [2.05, 4.69) is 10.6 Å². The SMILES string of the molecule is COc1cc2ccc(C(C)NC(=O)C(=O)Nc3ccc(OC4CCOC4)cc3)cc2cc1OC. The summed E-state index contributed by atoms with van der Waals surface area (Å²) in [7, 11) is 3.18. The predicted octanol–water partition coefficient (Wildman–Crippen LogP) is 3.84. The molecule has 3 aromatic rings. The first-order valence-corrected chi connectivity index (χ1v) is 11.1. The van der Waals surface area contributed by atoms with Gasteiger partial charge in [-0.15, -0.1) is 0 Å². The van der Waals surface area contributed by atoms with Crippen LogP contribution >= 0.6 is 0 Å². The van der Waals surface area contributed by atoms with Crippen LogP contribution in [0.1, 0.15) is 24.9 Å². The van der Waals surface area contributed by atoms with Crippen molar-refractivity contribution >= 4 is 28.3 Å². The number of benzene rings is 3. The third kappa shape index (κ3) is 5.40. The Morgan fingerprint density at radius 3 is 2.29 bits per heavy atom. The van der Waals surface area contributed by atoms with Crippen LogP contribution in [0.2, 0.25) is 0 Å². The molecule has 0 aliphatic carbocycles. The van der Waals surface area contributed by atoms with E-state index >= 15 is 0 Å². The van der Waals surface area contributed by atoms with E-state index < -0.39 is 11.8 Å². The van der Waals surface area contributed by atoms with Gasteiger partial charge in [-0.05, 0) is 65.7 Å². The Kier molecular flexibility index (Phi) is 7.18. The Morgan fingerprint density at radius 1 is 0.941 bits per heavy atom. The van der Waals surface area contributed by atoms with Crippen LogP contribution in [0.5, 0.6) is 17.2 Å². The molecule has 2 atom stereocenters. The Hall–Kier alpha value is -3.78. The number of rotatable bonds is 7. The minimum atomic E-state index is -0.739. The summed E-state index contributed by atoms with van der Waals surface area (Å²) >= 11 is 0. The van der Waals surface area contributed by atoms with E-state index in [1.165, 1.54) is 0 Å². The predicted molar refractivity (Wildman–Crippen MR) is 129 cm³/mol. The third-order valence-electron chi connectivity index (χ3n) is 5.72. The molecule has 3 aromatic carbocycles. The normalized spacial score (nSPS) is 16.0. The highest BCUT2D eigenvalue weighted by Crippen LogP contribution is 2.33. The minimum absolute atomic E-state index is 0.0472. The molecule has 34 heavy (non-hydrogen) atoms. The van der Waals surface area contributed by atoms with Gasteiger partial charge in [0.2, 0.25) is 0 Å². The lowest BCUT2D eigenvalue weighted by atomic mass is 10.0. The highest BCUT2D eigenvalue weighted by Gasteiger charge is 2.19. The minimum Gasteiger partial charge on any atom is -0.493 e. The molecule has 1 fully saturated rings. The Morgan fingerprint density at radius 2 is 1.65 bits per heavy atom. The van der Waals surface area contributed by atoms with Gasteiger partial charge in [0.15, 0.2) is 11.5 Å². The van der Waals surface area contributed by atoms with Crippen molar-refractivity contribution in [3.63, 3.8) is 0 Å². The van der Waals surface area contributed by atoms with Crippen molar-refractivity contribution in [2.75, 3.05) is 32.8 Å². The van der Waals surface area contributed by atoms with E-state index in [-0.39, 0.29) is 12.1 Å². The van der Waals surface area contributed by atoms with Gasteiger partial charge in [-0.2, -0.15) is 0 Å². The number of nitrogens with one attached hydrogen (secondary N) is 2. The second-order valence-electron chi connectivity index (χ2n) is 8.09. The maximum absolute atomic E-state index is 12.5. The molecule has 0 bridgehead atoms. The molecule has 1 aliphatic heterocycles. The molecule has 0 radical (unpaired) electrons. The van der Waals surface area contributed by atoms with Crippen LogP contribution in [-0.2, 0) is 14.3 Å². The molecule has 1 heterocycles. The first-order chi connectivity index (χ1) is 16.5. The van der Waals surface area contributed by atoms with Gasteiger partial charge in [-0.25, -0.2) is 0 Å². The molecule has 8 heteroatoms. The monoisotopic (exact) mass is 464 g/mol. The quantitative estimate of drug-likeness (QED) is 0.516. The second kappa shape index (κ2) is 10.4. The number of carbonyl (C=O) groups excluding carboxylic acids is 2. The van der Waals surface area contributed by atoms with Crippen LogP contribution in [0.3, 0.4) is 0 Å². The van der Waals surface area contributed by atoms with Crippen molar-refractivity contribution in [3.8, 4) is 17.2 Å². The number of hydrogen-bond donors (Lipinski definition) is 2. The van der Waals surface area contributed by atoms with Crippen LogP contribution in [0, 0.1) is 0 Å². The first-order valence-electron chi connectivity index (χ1n) is 11.1. The van der Waals surface area contributed by atoms with Crippen LogP contribution in [0.4, 0.5) is 5.69 Å². The fourth-order valence-corrected chi connectivity index (χ4v) is 3.81. The fourth-order valence-electron chi connectivity index (χ4n) is 3.81. The van der Waals surface area contributed by atoms with Crippen molar-refractivity contribution in [1.29, 1.82) is 0 Å². The zero-order chi connectivity index (χ0) is 24.1. The van der Waals surface area contributed by atoms with Gasteiger partial charge in [0.25, 0.3) is 0 Å². The molecule has 0 spiro atoms. The number of carbonyl (C=O) groups is 2. The molecule has 1 saturated heterocycles. The highest BCUT2D eigenvalue weighted by atomic mass is 16.5. The summed E-state index contributed by atoms with van der Waals surface area (Å²) in [6, 6.07) is 16.1. The van der Waals surface area contributed by atoms with E-state index in [0.29, 0.717) is 36.1 Å². The van der Waals surface area contributed by atoms with Gasteiger partial charge in [0, 0.05) is 12.1 Å². The van der Waals surface area contributed by atoms with Crippen molar-refractivity contribution in [3.05, 3.63) is 60.2 Å². The van der Waals surface area contributed by atoms with E-state index in [1.54, 1.807) is 38.5 Å². The van der Waals surface area contributed by atoms with E-state index in [0.717, 1.165) is 22.8 Å². The largest absolute Gasteiger partial charge is 0.493 e. The Bertz CT molecular complexity index is 1170. The smallest absolute Gasteiger partial charge is 0.313 e. The van der Waals surface area contributed by atoms with Gasteiger partial charge in [0.1, 0.15) is 11.9 Å². The number of methoxy groups -OCH3 is 2. The Balaban J connectivity index is 1.36. The van der Waals surface area contributed by atoms with Crippen LogP contribution in [0.25, 0.3) is 10.8 Å². The standard InChI is InChI=1S/C26H28N2O6/c1-16(17-4-5-18-13-23(31-2)24(32-3)14-19(18)12-17)27-25(29)26(30)28-20-6-8-21(9-7-20)34-22-10-11-33-15-22/h4-9,12-14,16,22H,10-11,15H2,1-3H3,(H,27,29)(H,28,30). The zero-order valence-corrected chi connectivity index (χ0v) is 19.4. The molecule has 8 nitrogen and oxygen atoms in total. The van der Waals surface area contributed by atoms with Gasteiger partial charge in [-0.3, -0.25) is 9.59 Å². The molecule has 2 N–H and O–H groups in total. The lowest BCUT2D eigenvalue weighted by Gasteiger charge is -2.16. The number of fused-ring (bicyclic) bond motifs is 1. The molecule has 178 valence electrons. The van der Waals surface area contributed by atoms with Gasteiger partial charge in [0.05, 0.1) is 33.5 Å². The molecular weight excluding hydrogens is 436 g/mol. The van der Waals surface area contributed by atoms with E-state index in [4.69, 9.17) is 18.9 Å². The van der Waals surface area contributed by atoms with Crippen LogP contribution in [0.15, 0.2) is 54.6 Å². The van der Waals surface area contributed by atoms with E-state index in [1.807, 2.05) is 37.3 Å². The zero-order valence-electron chi connectivity index (χ0n) is 19.4. The third-order valence-corrected chi connectivity index (χ3v) is 5.72. The molecule has 1 aliphatic rings. The summed E-state index contributed by atoms with van der Waals surface area (Å²) < 4.78 is 21.8. The number of hydrogen-bond acceptors (Lipinski definition) is 6. The van der Waals surface area contributed by atoms with Gasteiger partial charge >= 0.3 is 11.8 Å². The summed E-state index contributed by atoms with van der Waals surface area (Å²) in [5.41, 5.74) is 1.37. The fraction of sp³-hybridized carbons (Fsp3) is 0.308. The summed E-state index contributed by atoms with van der Waals surface area (Å²) in [5.74, 6) is 0.501. The number of amides is 2. The summed E-state index contributed by atoms with van der Waals surface area (Å²) in [6.07, 6.45) is 0.904.